The molecule has 0 bridgehead atoms. The molecule has 12 nitrogen and oxygen atoms in total. The Morgan fingerprint density at radius 3 is 2.54 bits per heavy atom. The van der Waals surface area contributed by atoms with Crippen LogP contribution in [0.3, 0.4) is 0 Å². The molecule has 5 rings (SSSR count). The summed E-state index contributed by atoms with van der Waals surface area (Å²) in [4.78, 5) is 40.6. The number of nitrogens with one attached hydrogen (secondary N) is 1. The van der Waals surface area contributed by atoms with Crippen molar-refractivity contribution in [1.29, 1.82) is 0 Å². The van der Waals surface area contributed by atoms with E-state index in [0.29, 0.717) is 46.5 Å². The number of aromatic nitrogens is 7. The molecule has 0 spiro atoms. The van der Waals surface area contributed by atoms with Gasteiger partial charge in [-0.15, -0.1) is 0 Å². The van der Waals surface area contributed by atoms with Crippen LogP contribution in [0.2, 0.25) is 0 Å². The van der Waals surface area contributed by atoms with E-state index in [0.717, 1.165) is 18.5 Å². The average molecular weight is 551 g/mol. The summed E-state index contributed by atoms with van der Waals surface area (Å²) in [7, 11) is -1.80. The number of nitrogens with zero attached hydrogens (tertiary/aromatic N) is 7. The van der Waals surface area contributed by atoms with Crippen molar-refractivity contribution in [3.8, 4) is 17.3 Å². The van der Waals surface area contributed by atoms with Gasteiger partial charge in [-0.2, -0.15) is 0 Å². The second-order valence-electron chi connectivity index (χ2n) is 9.45. The minimum Gasteiger partial charge on any atom is -0.480 e. The highest BCUT2D eigenvalue weighted by molar-refractivity contribution is 7.91. The van der Waals surface area contributed by atoms with Crippen molar-refractivity contribution in [2.24, 2.45) is 0 Å². The molecule has 0 aliphatic heterocycles. The number of hydrogen-bond donors (Lipinski definition) is 1. The summed E-state index contributed by atoms with van der Waals surface area (Å²) in [5.41, 5.74) is 2.57. The topological polar surface area (TPSA) is 155 Å². The number of pyridine rings is 1. The maximum atomic E-state index is 13.6. The zero-order valence-corrected chi connectivity index (χ0v) is 23.1. The lowest BCUT2D eigenvalue weighted by Gasteiger charge is -2.18. The van der Waals surface area contributed by atoms with E-state index >= 15 is 0 Å². The molecule has 0 aromatic carbocycles. The first-order chi connectivity index (χ1) is 18.8. The third-order valence-electron chi connectivity index (χ3n) is 6.86. The van der Waals surface area contributed by atoms with Crippen LogP contribution in [0.4, 0.5) is 5.82 Å². The standard InChI is InChI=1S/C26H30N8O4S/c1-5-15(3)34-24-19(13-29-22(33-24)20-21(16-7-8-16)30-14-31-25(20)38-4)32-23(26(34)35)28-11-17-9-10-18(12-27-17)39(36,37)6-2/h9-10,12-16H,5-8,11H2,1-4H3,(H,28,32)/t15-/m1/s1. The van der Waals surface area contributed by atoms with E-state index in [-0.39, 0.29) is 34.6 Å². The molecule has 13 heteroatoms. The van der Waals surface area contributed by atoms with E-state index in [1.165, 1.54) is 18.6 Å². The zero-order valence-electron chi connectivity index (χ0n) is 22.2. The molecule has 1 aliphatic rings. The van der Waals surface area contributed by atoms with Crippen LogP contribution in [-0.4, -0.2) is 55.8 Å². The van der Waals surface area contributed by atoms with E-state index in [2.05, 4.69) is 30.2 Å². The molecule has 0 saturated heterocycles. The quantitative estimate of drug-likeness (QED) is 0.309. The van der Waals surface area contributed by atoms with E-state index in [1.54, 1.807) is 30.9 Å². The number of rotatable bonds is 10. The Morgan fingerprint density at radius 1 is 1.10 bits per heavy atom. The summed E-state index contributed by atoms with van der Waals surface area (Å²) >= 11 is 0. The molecule has 1 fully saturated rings. The summed E-state index contributed by atoms with van der Waals surface area (Å²) < 4.78 is 31.3. The summed E-state index contributed by atoms with van der Waals surface area (Å²) in [6.07, 6.45) is 7.15. The van der Waals surface area contributed by atoms with Crippen molar-refractivity contribution in [3.05, 3.63) is 52.6 Å². The van der Waals surface area contributed by atoms with Gasteiger partial charge in [-0.05, 0) is 38.3 Å². The number of sulfone groups is 1. The molecule has 0 amide bonds. The summed E-state index contributed by atoms with van der Waals surface area (Å²) in [5, 5.41) is 3.06. The minimum absolute atomic E-state index is 0.00179. The number of anilines is 1. The predicted molar refractivity (Wildman–Crippen MR) is 145 cm³/mol. The van der Waals surface area contributed by atoms with Crippen LogP contribution in [-0.2, 0) is 16.4 Å². The fraction of sp³-hybridized carbons (Fsp3) is 0.423. The number of ether oxygens (including phenoxy) is 1. The molecule has 1 saturated carbocycles. The van der Waals surface area contributed by atoms with Crippen molar-refractivity contribution >= 4 is 26.8 Å². The lowest BCUT2D eigenvalue weighted by molar-refractivity contribution is 0.397. The van der Waals surface area contributed by atoms with Crippen LogP contribution >= 0.6 is 0 Å². The normalized spacial score (nSPS) is 14.4. The van der Waals surface area contributed by atoms with Gasteiger partial charge in [0, 0.05) is 18.2 Å². The Bertz CT molecular complexity index is 1690. The van der Waals surface area contributed by atoms with Crippen molar-refractivity contribution < 1.29 is 13.2 Å². The maximum Gasteiger partial charge on any atom is 0.295 e. The van der Waals surface area contributed by atoms with E-state index in [1.807, 2.05) is 13.8 Å². The molecule has 4 aromatic rings. The molecular weight excluding hydrogens is 520 g/mol. The van der Waals surface area contributed by atoms with Gasteiger partial charge >= 0.3 is 0 Å². The van der Waals surface area contributed by atoms with Gasteiger partial charge in [-0.1, -0.05) is 13.8 Å². The van der Waals surface area contributed by atoms with Gasteiger partial charge < -0.3 is 10.1 Å². The Labute approximate surface area is 225 Å². The highest BCUT2D eigenvalue weighted by Crippen LogP contribution is 2.44. The molecule has 204 valence electrons. The molecule has 1 aliphatic carbocycles. The van der Waals surface area contributed by atoms with Crippen LogP contribution in [0.1, 0.15) is 63.4 Å². The molecule has 0 radical (unpaired) electrons. The number of hydrogen-bond acceptors (Lipinski definition) is 11. The van der Waals surface area contributed by atoms with E-state index in [4.69, 9.17) is 9.72 Å². The van der Waals surface area contributed by atoms with Crippen molar-refractivity contribution in [2.45, 2.75) is 63.4 Å². The molecule has 1 N–H and O–H groups in total. The molecule has 0 unspecified atom stereocenters. The third-order valence-corrected chi connectivity index (χ3v) is 8.58. The highest BCUT2D eigenvalue weighted by atomic mass is 32.2. The van der Waals surface area contributed by atoms with Gasteiger partial charge in [0.1, 0.15) is 17.4 Å². The van der Waals surface area contributed by atoms with Crippen molar-refractivity contribution in [1.82, 2.24) is 34.5 Å². The van der Waals surface area contributed by atoms with Crippen molar-refractivity contribution in [3.63, 3.8) is 0 Å². The Hall–Kier alpha value is -4.00. The summed E-state index contributed by atoms with van der Waals surface area (Å²) in [6.45, 7) is 5.71. The lowest BCUT2D eigenvalue weighted by Crippen LogP contribution is -2.28. The molecule has 1 atom stereocenters. The first-order valence-corrected chi connectivity index (χ1v) is 14.5. The Balaban J connectivity index is 1.54. The molecular formula is C26H30N8O4S. The smallest absolute Gasteiger partial charge is 0.295 e. The van der Waals surface area contributed by atoms with Crippen LogP contribution in [0.25, 0.3) is 22.6 Å². The number of methoxy groups -OCH3 is 1. The first-order valence-electron chi connectivity index (χ1n) is 12.9. The summed E-state index contributed by atoms with van der Waals surface area (Å²) in [5.74, 6) is 1.21. The monoisotopic (exact) mass is 550 g/mol. The SMILES string of the molecule is CC[C@@H](C)n1c(=O)c(NCc2ccc(S(=O)(=O)CC)cn2)nc2cnc(-c3c(OC)ncnc3C3CC3)nc21. The van der Waals surface area contributed by atoms with Crippen LogP contribution in [0.15, 0.2) is 40.5 Å². The van der Waals surface area contributed by atoms with Crippen LogP contribution in [0, 0.1) is 0 Å². The predicted octanol–water partition coefficient (Wildman–Crippen LogP) is 3.30. The van der Waals surface area contributed by atoms with E-state index in [9.17, 15) is 13.2 Å². The van der Waals surface area contributed by atoms with Gasteiger partial charge in [-0.25, -0.2) is 33.3 Å². The maximum absolute atomic E-state index is 13.6. The van der Waals surface area contributed by atoms with Gasteiger partial charge in [0.2, 0.25) is 5.88 Å². The Morgan fingerprint density at radius 2 is 1.90 bits per heavy atom. The first kappa shape index (κ1) is 26.6. The second-order valence-corrected chi connectivity index (χ2v) is 11.7. The van der Waals surface area contributed by atoms with Gasteiger partial charge in [0.05, 0.1) is 41.9 Å². The molecule has 4 aromatic heterocycles. The van der Waals surface area contributed by atoms with Gasteiger partial charge in [0.25, 0.3) is 5.56 Å². The Kier molecular flexibility index (Phi) is 7.25. The molecule has 4 heterocycles. The summed E-state index contributed by atoms with van der Waals surface area (Å²) in [6, 6.07) is 2.96. The fourth-order valence-electron chi connectivity index (χ4n) is 4.28. The fourth-order valence-corrected chi connectivity index (χ4v) is 5.10. The number of fused-ring (bicyclic) bond motifs is 1. The van der Waals surface area contributed by atoms with Gasteiger partial charge in [-0.3, -0.25) is 14.3 Å². The van der Waals surface area contributed by atoms with Crippen LogP contribution in [0.5, 0.6) is 5.88 Å². The lowest BCUT2D eigenvalue weighted by atomic mass is 10.1. The highest BCUT2D eigenvalue weighted by Gasteiger charge is 2.31. The second kappa shape index (κ2) is 10.6. The van der Waals surface area contributed by atoms with E-state index < -0.39 is 9.84 Å². The minimum atomic E-state index is -3.34. The van der Waals surface area contributed by atoms with Gasteiger partial charge in [0.15, 0.2) is 27.1 Å². The van der Waals surface area contributed by atoms with Crippen LogP contribution < -0.4 is 15.6 Å². The molecule has 39 heavy (non-hydrogen) atoms. The van der Waals surface area contributed by atoms with Crippen molar-refractivity contribution in [2.75, 3.05) is 18.2 Å². The zero-order chi connectivity index (χ0) is 27.7. The third kappa shape index (κ3) is 5.18. The average Bonchev–Trinajstić information content (AvgIpc) is 3.81. The largest absolute Gasteiger partial charge is 0.480 e.